The first-order chi connectivity index (χ1) is 16.9. The lowest BCUT2D eigenvalue weighted by atomic mass is 10.0. The molecule has 0 fully saturated rings. The number of nitrogens with one attached hydrogen (secondary N) is 2. The lowest BCUT2D eigenvalue weighted by molar-refractivity contribution is -0.143. The largest absolute Gasteiger partial charge is 0.508 e. The Labute approximate surface area is 216 Å². The van der Waals surface area contributed by atoms with Crippen LogP contribution in [0.15, 0.2) is 24.3 Å². The van der Waals surface area contributed by atoms with Crippen molar-refractivity contribution in [1.29, 1.82) is 0 Å². The first kappa shape index (κ1) is 30.6. The highest BCUT2D eigenvalue weighted by Gasteiger charge is 2.35. The molecule has 0 aromatic heterocycles. The zero-order valence-electron chi connectivity index (χ0n) is 21.3. The van der Waals surface area contributed by atoms with E-state index in [0.29, 0.717) is 11.3 Å². The summed E-state index contributed by atoms with van der Waals surface area (Å²) in [5, 5.41) is 14.8. The van der Waals surface area contributed by atoms with Gasteiger partial charge in [0.05, 0.1) is 13.0 Å². The van der Waals surface area contributed by atoms with Crippen molar-refractivity contribution in [3.05, 3.63) is 29.8 Å². The van der Waals surface area contributed by atoms with Crippen molar-refractivity contribution in [3.8, 4) is 18.2 Å². The van der Waals surface area contributed by atoms with Crippen molar-refractivity contribution < 1.29 is 33.8 Å². The van der Waals surface area contributed by atoms with E-state index in [-0.39, 0.29) is 31.7 Å². The molecule has 0 bridgehead atoms. The molecule has 0 aliphatic heterocycles. The predicted octanol–water partition coefficient (Wildman–Crippen LogP) is 2.57. The number of nitrogens with zero attached hydrogens (tertiary/aromatic N) is 1. The van der Waals surface area contributed by atoms with Gasteiger partial charge in [-0.15, -0.1) is 0 Å². The minimum absolute atomic E-state index is 0.0368. The van der Waals surface area contributed by atoms with Crippen LogP contribution in [0, 0.1) is 12.5 Å². The molecule has 10 nitrogen and oxygen atoms in total. The van der Waals surface area contributed by atoms with Gasteiger partial charge in [0.2, 0.25) is 5.91 Å². The van der Waals surface area contributed by atoms with Crippen LogP contribution in [0.5, 0.6) is 5.75 Å². The summed E-state index contributed by atoms with van der Waals surface area (Å²) < 4.78 is 10.1. The first-order valence-electron chi connectivity index (χ1n) is 11.4. The number of amides is 3. The molecular formula is C25H35N3O7S. The van der Waals surface area contributed by atoms with Crippen molar-refractivity contribution >= 4 is 35.6 Å². The van der Waals surface area contributed by atoms with Crippen LogP contribution in [-0.2, 0) is 23.9 Å². The monoisotopic (exact) mass is 521 g/mol. The predicted molar refractivity (Wildman–Crippen MR) is 137 cm³/mol. The van der Waals surface area contributed by atoms with E-state index in [1.807, 2.05) is 6.26 Å². The molecule has 0 saturated heterocycles. The van der Waals surface area contributed by atoms with Crippen molar-refractivity contribution in [1.82, 2.24) is 15.5 Å². The van der Waals surface area contributed by atoms with Gasteiger partial charge in [-0.3, -0.25) is 19.3 Å². The molecule has 0 radical (unpaired) electrons. The second-order valence-corrected chi connectivity index (χ2v) is 9.64. The lowest BCUT2D eigenvalue weighted by Crippen LogP contribution is -2.51. The van der Waals surface area contributed by atoms with Crippen LogP contribution in [-0.4, -0.2) is 70.7 Å². The third kappa shape index (κ3) is 10.5. The number of ether oxygens (including phenoxy) is 2. The number of carbonyl (C=O) groups is 4. The van der Waals surface area contributed by atoms with Gasteiger partial charge in [0.25, 0.3) is 5.91 Å². The molecule has 1 rings (SSSR count). The fourth-order valence-corrected chi connectivity index (χ4v) is 3.54. The Morgan fingerprint density at radius 3 is 2.36 bits per heavy atom. The summed E-state index contributed by atoms with van der Waals surface area (Å²) in [7, 11) is 0. The van der Waals surface area contributed by atoms with E-state index in [4.69, 9.17) is 15.9 Å². The number of phenols is 1. The molecule has 0 aliphatic carbocycles. The average molecular weight is 522 g/mol. The molecule has 2 atom stereocenters. The summed E-state index contributed by atoms with van der Waals surface area (Å²) in [5.41, 5.74) is -0.454. The second-order valence-electron chi connectivity index (χ2n) is 8.66. The number of alkyl carbamates (subject to hydrolysis) is 1. The van der Waals surface area contributed by atoms with E-state index in [9.17, 15) is 24.3 Å². The van der Waals surface area contributed by atoms with Crippen LogP contribution in [0.2, 0.25) is 0 Å². The third-order valence-corrected chi connectivity index (χ3v) is 5.27. The van der Waals surface area contributed by atoms with Gasteiger partial charge in [-0.25, -0.2) is 4.79 Å². The Kier molecular flexibility index (Phi) is 12.7. The number of phenolic OH excluding ortho intramolecular Hbond substituents is 1. The highest BCUT2D eigenvalue weighted by Crippen LogP contribution is 2.24. The SMILES string of the molecule is C#CN(C(=O)C(CCSC)NC(=O)OC(C)(C)C)C(C(=O)NCCC(=O)OCC)c1ccc(O)cc1. The molecule has 1 aromatic rings. The quantitative estimate of drug-likeness (QED) is 0.217. The van der Waals surface area contributed by atoms with Crippen molar-refractivity contribution in [2.75, 3.05) is 25.2 Å². The molecule has 3 N–H and O–H groups in total. The lowest BCUT2D eigenvalue weighted by Gasteiger charge is -2.30. The molecule has 11 heteroatoms. The van der Waals surface area contributed by atoms with Gasteiger partial charge in [0.1, 0.15) is 23.4 Å². The maximum atomic E-state index is 13.5. The number of benzene rings is 1. The van der Waals surface area contributed by atoms with Gasteiger partial charge in [-0.2, -0.15) is 11.8 Å². The molecule has 0 heterocycles. The number of hydrogen-bond donors (Lipinski definition) is 3. The summed E-state index contributed by atoms with van der Waals surface area (Å²) in [5.74, 6) is -1.32. The number of rotatable bonds is 12. The van der Waals surface area contributed by atoms with E-state index < -0.39 is 41.6 Å². The summed E-state index contributed by atoms with van der Waals surface area (Å²) in [6.07, 6.45) is 6.93. The van der Waals surface area contributed by atoms with E-state index in [2.05, 4.69) is 16.7 Å². The van der Waals surface area contributed by atoms with E-state index in [1.165, 1.54) is 36.0 Å². The van der Waals surface area contributed by atoms with Gasteiger partial charge in [0, 0.05) is 12.6 Å². The zero-order chi connectivity index (χ0) is 27.3. The third-order valence-electron chi connectivity index (χ3n) is 4.63. The Morgan fingerprint density at radius 2 is 1.83 bits per heavy atom. The van der Waals surface area contributed by atoms with Crippen molar-refractivity contribution in [2.45, 2.75) is 58.2 Å². The van der Waals surface area contributed by atoms with Crippen LogP contribution in [0.1, 0.15) is 52.1 Å². The highest BCUT2D eigenvalue weighted by molar-refractivity contribution is 7.98. The maximum absolute atomic E-state index is 13.5. The molecule has 0 aliphatic rings. The van der Waals surface area contributed by atoms with E-state index in [1.54, 1.807) is 27.7 Å². The van der Waals surface area contributed by atoms with Gasteiger partial charge in [-0.1, -0.05) is 18.6 Å². The van der Waals surface area contributed by atoms with Crippen molar-refractivity contribution in [3.63, 3.8) is 0 Å². The number of thioether (sulfide) groups is 1. The molecule has 1 aromatic carbocycles. The number of esters is 1. The molecule has 0 spiro atoms. The topological polar surface area (TPSA) is 134 Å². The summed E-state index contributed by atoms with van der Waals surface area (Å²) in [4.78, 5) is 51.7. The Balaban J connectivity index is 3.24. The minimum atomic E-state index is -1.29. The molecule has 0 saturated carbocycles. The second kappa shape index (κ2) is 14.9. The van der Waals surface area contributed by atoms with Gasteiger partial charge in [0.15, 0.2) is 0 Å². The average Bonchev–Trinajstić information content (AvgIpc) is 2.79. The smallest absolute Gasteiger partial charge is 0.408 e. The normalized spacial score (nSPS) is 12.4. The summed E-state index contributed by atoms with van der Waals surface area (Å²) >= 11 is 1.47. The fourth-order valence-electron chi connectivity index (χ4n) is 3.07. The Morgan fingerprint density at radius 1 is 1.19 bits per heavy atom. The molecule has 2 unspecified atom stereocenters. The highest BCUT2D eigenvalue weighted by atomic mass is 32.2. The Hall–Kier alpha value is -3.39. The van der Waals surface area contributed by atoms with Gasteiger partial charge < -0.3 is 25.2 Å². The van der Waals surface area contributed by atoms with Crippen LogP contribution < -0.4 is 10.6 Å². The van der Waals surface area contributed by atoms with Crippen LogP contribution >= 0.6 is 11.8 Å². The molecule has 36 heavy (non-hydrogen) atoms. The Bertz CT molecular complexity index is 938. The van der Waals surface area contributed by atoms with Crippen molar-refractivity contribution in [2.24, 2.45) is 0 Å². The number of aromatic hydroxyl groups is 1. The van der Waals surface area contributed by atoms with Gasteiger partial charge in [-0.05, 0) is 63.8 Å². The molecular weight excluding hydrogens is 486 g/mol. The minimum Gasteiger partial charge on any atom is -0.508 e. The number of carbonyl (C=O) groups excluding carboxylic acids is 4. The van der Waals surface area contributed by atoms with E-state index >= 15 is 0 Å². The summed E-state index contributed by atoms with van der Waals surface area (Å²) in [6.45, 7) is 6.93. The first-order valence-corrected chi connectivity index (χ1v) is 12.8. The van der Waals surface area contributed by atoms with E-state index in [0.717, 1.165) is 4.90 Å². The molecule has 3 amide bonds. The number of hydrogen-bond acceptors (Lipinski definition) is 8. The van der Waals surface area contributed by atoms with Crippen LogP contribution in [0.25, 0.3) is 0 Å². The molecule has 198 valence electrons. The van der Waals surface area contributed by atoms with Crippen LogP contribution in [0.4, 0.5) is 4.79 Å². The van der Waals surface area contributed by atoms with Gasteiger partial charge >= 0.3 is 12.1 Å². The van der Waals surface area contributed by atoms with Crippen LogP contribution in [0.3, 0.4) is 0 Å². The fraction of sp³-hybridized carbons (Fsp3) is 0.520. The zero-order valence-corrected chi connectivity index (χ0v) is 22.1. The number of terminal acetylenes is 1. The standard InChI is InChI=1S/C25H35N3O7S/c1-7-28(23(32)19(14-16-36-6)27-24(33)35-25(3,4)5)21(17-9-11-18(29)12-10-17)22(31)26-15-13-20(30)34-8-2/h1,9-12,19,21,29H,8,13-16H2,2-6H3,(H,26,31)(H,27,33). The maximum Gasteiger partial charge on any atom is 0.408 e. The summed E-state index contributed by atoms with van der Waals surface area (Å²) in [6, 6.07) is 5.55.